The second-order valence-corrected chi connectivity index (χ2v) is 8.69. The van der Waals surface area contributed by atoms with Crippen molar-refractivity contribution in [1.29, 1.82) is 0 Å². The van der Waals surface area contributed by atoms with Gasteiger partial charge in [0.1, 0.15) is 0 Å². The molecule has 0 radical (unpaired) electrons. The number of aromatic nitrogens is 1. The largest absolute Gasteiger partial charge is 0.376 e. The van der Waals surface area contributed by atoms with E-state index < -0.39 is 0 Å². The highest BCUT2D eigenvalue weighted by atomic mass is 32.1. The number of hydrogen-bond acceptors (Lipinski definition) is 4. The Morgan fingerprint density at radius 3 is 2.87 bits per heavy atom. The molecule has 0 spiro atoms. The molecule has 1 aliphatic rings. The number of rotatable bonds is 9. The van der Waals surface area contributed by atoms with Gasteiger partial charge in [-0.1, -0.05) is 13.0 Å². The van der Waals surface area contributed by atoms with Crippen LogP contribution in [0.25, 0.3) is 10.9 Å². The summed E-state index contributed by atoms with van der Waals surface area (Å²) in [5, 5.41) is 5.12. The predicted molar refractivity (Wildman–Crippen MR) is 127 cm³/mol. The number of pyridine rings is 1. The van der Waals surface area contributed by atoms with Crippen LogP contribution in [0.4, 0.5) is 0 Å². The molecule has 1 fully saturated rings. The molecule has 164 valence electrons. The molecule has 6 nitrogen and oxygen atoms in total. The Morgan fingerprint density at radius 1 is 1.33 bits per heavy atom. The van der Waals surface area contributed by atoms with Crippen molar-refractivity contribution in [3.63, 3.8) is 0 Å². The van der Waals surface area contributed by atoms with Crippen molar-refractivity contribution in [2.45, 2.75) is 45.3 Å². The van der Waals surface area contributed by atoms with Crippen LogP contribution in [0, 0.1) is 0 Å². The van der Waals surface area contributed by atoms with Gasteiger partial charge in [0, 0.05) is 30.8 Å². The summed E-state index contributed by atoms with van der Waals surface area (Å²) in [6, 6.07) is 8.20. The van der Waals surface area contributed by atoms with E-state index in [9.17, 15) is 4.79 Å². The van der Waals surface area contributed by atoms with Crippen LogP contribution < -0.4 is 10.9 Å². The zero-order valence-electron chi connectivity index (χ0n) is 18.4. The molecule has 0 bridgehead atoms. The molecule has 7 heteroatoms. The molecule has 0 saturated carbocycles. The van der Waals surface area contributed by atoms with Crippen molar-refractivity contribution in [3.8, 4) is 0 Å². The van der Waals surface area contributed by atoms with Crippen molar-refractivity contribution in [2.75, 3.05) is 40.3 Å². The van der Waals surface area contributed by atoms with E-state index in [1.54, 1.807) is 0 Å². The van der Waals surface area contributed by atoms with Gasteiger partial charge >= 0.3 is 0 Å². The minimum atomic E-state index is -0.0560. The Kier molecular flexibility index (Phi) is 8.24. The molecule has 2 heterocycles. The van der Waals surface area contributed by atoms with Crippen LogP contribution in [0.1, 0.15) is 37.3 Å². The summed E-state index contributed by atoms with van der Waals surface area (Å²) < 4.78 is 5.84. The molecule has 0 unspecified atom stereocenters. The fourth-order valence-electron chi connectivity index (χ4n) is 3.80. The van der Waals surface area contributed by atoms with Crippen molar-refractivity contribution < 1.29 is 4.74 Å². The third-order valence-corrected chi connectivity index (χ3v) is 5.95. The van der Waals surface area contributed by atoms with Gasteiger partial charge in [-0.25, -0.2) is 0 Å². The molecule has 3 rings (SSSR count). The standard InChI is InChI=1S/C23H34N4O2S/c1-4-17-8-9-21-18(13-17)14-19(22(28)25-21)15-27(16-20-7-5-12-29-20)23(30)24-10-6-11-26(2)3/h8-9,13-14,20H,4-7,10-12,15-16H2,1-3H3,(H,24,30)(H,25,28)/t20-/m1/s1. The lowest BCUT2D eigenvalue weighted by Gasteiger charge is -2.28. The van der Waals surface area contributed by atoms with E-state index in [1.165, 1.54) is 5.56 Å². The average Bonchev–Trinajstić information content (AvgIpc) is 3.23. The highest BCUT2D eigenvalue weighted by Crippen LogP contribution is 2.17. The van der Waals surface area contributed by atoms with E-state index in [0.29, 0.717) is 18.2 Å². The minimum Gasteiger partial charge on any atom is -0.376 e. The lowest BCUT2D eigenvalue weighted by Crippen LogP contribution is -2.44. The molecule has 0 amide bonds. The molecule has 1 aromatic carbocycles. The summed E-state index contributed by atoms with van der Waals surface area (Å²) in [6.07, 6.45) is 4.26. The third-order valence-electron chi connectivity index (χ3n) is 5.55. The lowest BCUT2D eigenvalue weighted by atomic mass is 10.1. The summed E-state index contributed by atoms with van der Waals surface area (Å²) in [7, 11) is 4.13. The number of thiocarbonyl (C=S) groups is 1. The van der Waals surface area contributed by atoms with E-state index in [0.717, 1.165) is 61.8 Å². The number of hydrogen-bond donors (Lipinski definition) is 2. The van der Waals surface area contributed by atoms with Crippen molar-refractivity contribution >= 4 is 28.2 Å². The van der Waals surface area contributed by atoms with E-state index >= 15 is 0 Å². The first kappa shape index (κ1) is 22.7. The number of ether oxygens (including phenoxy) is 1. The first-order chi connectivity index (χ1) is 14.5. The number of H-pyrrole nitrogens is 1. The maximum absolute atomic E-state index is 12.7. The highest BCUT2D eigenvalue weighted by Gasteiger charge is 2.22. The monoisotopic (exact) mass is 430 g/mol. The van der Waals surface area contributed by atoms with Gasteiger partial charge in [-0.2, -0.15) is 0 Å². The van der Waals surface area contributed by atoms with Crippen LogP contribution >= 0.6 is 12.2 Å². The van der Waals surface area contributed by atoms with E-state index in [-0.39, 0.29) is 11.7 Å². The Bertz CT molecular complexity index is 906. The molecule has 1 aromatic heterocycles. The van der Waals surface area contributed by atoms with Crippen LogP contribution in [0.3, 0.4) is 0 Å². The highest BCUT2D eigenvalue weighted by molar-refractivity contribution is 7.80. The zero-order chi connectivity index (χ0) is 21.5. The SMILES string of the molecule is CCc1ccc2[nH]c(=O)c(CN(C[C@H]3CCCO3)C(=S)NCCCN(C)C)cc2c1. The molecule has 30 heavy (non-hydrogen) atoms. The summed E-state index contributed by atoms with van der Waals surface area (Å²) in [5.41, 5.74) is 2.80. The van der Waals surface area contributed by atoms with Gasteiger partial charge in [-0.3, -0.25) is 4.79 Å². The molecule has 2 aromatic rings. The van der Waals surface area contributed by atoms with Crippen molar-refractivity contribution in [1.82, 2.24) is 20.1 Å². The second kappa shape index (κ2) is 10.9. The fraction of sp³-hybridized carbons (Fsp3) is 0.565. The number of nitrogens with one attached hydrogen (secondary N) is 2. The maximum Gasteiger partial charge on any atom is 0.253 e. The van der Waals surface area contributed by atoms with Crippen LogP contribution in [-0.2, 0) is 17.7 Å². The normalized spacial score (nSPS) is 16.3. The number of fused-ring (bicyclic) bond motifs is 1. The van der Waals surface area contributed by atoms with Gasteiger partial charge in [0.15, 0.2) is 5.11 Å². The van der Waals surface area contributed by atoms with Gasteiger partial charge in [0.2, 0.25) is 0 Å². The smallest absolute Gasteiger partial charge is 0.253 e. The first-order valence-electron chi connectivity index (χ1n) is 10.9. The number of aromatic amines is 1. The van der Waals surface area contributed by atoms with E-state index in [2.05, 4.69) is 53.3 Å². The van der Waals surface area contributed by atoms with Crippen LogP contribution in [-0.4, -0.2) is 66.3 Å². The molecule has 0 aliphatic carbocycles. The molecule has 2 N–H and O–H groups in total. The topological polar surface area (TPSA) is 60.6 Å². The fourth-order valence-corrected chi connectivity index (χ4v) is 4.04. The lowest BCUT2D eigenvalue weighted by molar-refractivity contribution is 0.0897. The molecule has 1 saturated heterocycles. The van der Waals surface area contributed by atoms with Crippen molar-refractivity contribution in [3.05, 3.63) is 45.7 Å². The average molecular weight is 431 g/mol. The summed E-state index contributed by atoms with van der Waals surface area (Å²) in [4.78, 5) is 20.0. The second-order valence-electron chi connectivity index (χ2n) is 8.30. The van der Waals surface area contributed by atoms with Crippen LogP contribution in [0.5, 0.6) is 0 Å². The molecule has 1 atom stereocenters. The first-order valence-corrected chi connectivity index (χ1v) is 11.3. The minimum absolute atomic E-state index is 0.0560. The summed E-state index contributed by atoms with van der Waals surface area (Å²) in [6.45, 7) is 5.93. The summed E-state index contributed by atoms with van der Waals surface area (Å²) >= 11 is 5.70. The van der Waals surface area contributed by atoms with Crippen LogP contribution in [0.2, 0.25) is 0 Å². The Hall–Kier alpha value is -1.96. The van der Waals surface area contributed by atoms with Gasteiger partial charge in [0.25, 0.3) is 5.56 Å². The number of nitrogens with zero attached hydrogens (tertiary/aromatic N) is 2. The zero-order valence-corrected chi connectivity index (χ0v) is 19.2. The van der Waals surface area contributed by atoms with E-state index in [1.807, 2.05) is 12.1 Å². The Balaban J connectivity index is 1.76. The van der Waals surface area contributed by atoms with Crippen LogP contribution in [0.15, 0.2) is 29.1 Å². The maximum atomic E-state index is 12.7. The predicted octanol–water partition coefficient (Wildman–Crippen LogP) is 2.90. The van der Waals surface area contributed by atoms with Crippen molar-refractivity contribution in [2.24, 2.45) is 0 Å². The molecular weight excluding hydrogens is 396 g/mol. The van der Waals surface area contributed by atoms with Gasteiger partial charge in [-0.15, -0.1) is 0 Å². The number of benzene rings is 1. The number of aryl methyl sites for hydroxylation is 1. The Morgan fingerprint density at radius 2 is 2.17 bits per heavy atom. The van der Waals surface area contributed by atoms with E-state index in [4.69, 9.17) is 17.0 Å². The molecule has 1 aliphatic heterocycles. The van der Waals surface area contributed by atoms with Gasteiger partial charge in [0.05, 0.1) is 12.6 Å². The van der Waals surface area contributed by atoms with Gasteiger partial charge in [-0.05, 0) is 87.7 Å². The quantitative estimate of drug-likeness (QED) is 0.471. The summed E-state index contributed by atoms with van der Waals surface area (Å²) in [5.74, 6) is 0. The Labute approximate surface area is 184 Å². The van der Waals surface area contributed by atoms with Gasteiger partial charge < -0.3 is 24.8 Å². The third kappa shape index (κ3) is 6.27. The molecular formula is C23H34N4O2S.